The molecule has 1 aliphatic carbocycles. The van der Waals surface area contributed by atoms with E-state index >= 15 is 0 Å². The molecule has 1 saturated heterocycles. The van der Waals surface area contributed by atoms with Crippen molar-refractivity contribution in [3.05, 3.63) is 48.0 Å². The van der Waals surface area contributed by atoms with Gasteiger partial charge >= 0.3 is 0 Å². The summed E-state index contributed by atoms with van der Waals surface area (Å²) >= 11 is 0. The fourth-order valence-corrected chi connectivity index (χ4v) is 3.86. The van der Waals surface area contributed by atoms with Crippen LogP contribution in [0, 0.1) is 5.92 Å². The monoisotopic (exact) mass is 382 g/mol. The van der Waals surface area contributed by atoms with Crippen molar-refractivity contribution in [2.75, 3.05) is 20.2 Å². The second-order valence-electron chi connectivity index (χ2n) is 7.72. The van der Waals surface area contributed by atoms with E-state index in [-0.39, 0.29) is 29.7 Å². The van der Waals surface area contributed by atoms with Gasteiger partial charge in [-0.05, 0) is 30.5 Å². The van der Waals surface area contributed by atoms with Gasteiger partial charge in [0.25, 0.3) is 0 Å². The van der Waals surface area contributed by atoms with Crippen LogP contribution in [0.15, 0.2) is 36.7 Å². The second kappa shape index (κ2) is 7.66. The number of carbonyl (C=O) groups is 2. The average molecular weight is 382 g/mol. The van der Waals surface area contributed by atoms with E-state index in [1.54, 1.807) is 13.3 Å². The molecule has 2 fully saturated rings. The molecule has 1 aromatic heterocycles. The number of methoxy groups -OCH3 is 1. The number of hydrogen-bond donors (Lipinski definition) is 1. The Morgan fingerprint density at radius 3 is 2.79 bits per heavy atom. The first-order chi connectivity index (χ1) is 13.5. The van der Waals surface area contributed by atoms with E-state index in [0.29, 0.717) is 19.5 Å². The summed E-state index contributed by atoms with van der Waals surface area (Å²) in [5.41, 5.74) is 0.920. The van der Waals surface area contributed by atoms with Gasteiger partial charge in [-0.3, -0.25) is 9.59 Å². The van der Waals surface area contributed by atoms with Crippen molar-refractivity contribution in [3.63, 3.8) is 0 Å². The largest absolute Gasteiger partial charge is 0.497 e. The Morgan fingerprint density at radius 1 is 1.29 bits per heavy atom. The van der Waals surface area contributed by atoms with Gasteiger partial charge in [-0.25, -0.2) is 4.98 Å². The summed E-state index contributed by atoms with van der Waals surface area (Å²) in [6.07, 6.45) is 5.90. The normalized spacial score (nSPS) is 21.6. The van der Waals surface area contributed by atoms with E-state index in [1.165, 1.54) is 0 Å². The van der Waals surface area contributed by atoms with Crippen molar-refractivity contribution in [1.29, 1.82) is 0 Å². The van der Waals surface area contributed by atoms with Gasteiger partial charge in [-0.1, -0.05) is 12.1 Å². The number of rotatable bonds is 6. The molecule has 0 unspecified atom stereocenters. The number of amides is 2. The third kappa shape index (κ3) is 3.88. The molecule has 2 atom stereocenters. The minimum atomic E-state index is -0.108. The third-order valence-electron chi connectivity index (χ3n) is 5.63. The van der Waals surface area contributed by atoms with Crippen LogP contribution in [0.1, 0.15) is 30.1 Å². The summed E-state index contributed by atoms with van der Waals surface area (Å²) in [6, 6.07) is 7.46. The minimum Gasteiger partial charge on any atom is -0.497 e. The van der Waals surface area contributed by atoms with Gasteiger partial charge in [0, 0.05) is 38.4 Å². The smallest absolute Gasteiger partial charge is 0.227 e. The second-order valence-corrected chi connectivity index (χ2v) is 7.72. The van der Waals surface area contributed by atoms with Gasteiger partial charge in [0.1, 0.15) is 11.6 Å². The Labute approximate surface area is 164 Å². The van der Waals surface area contributed by atoms with Gasteiger partial charge in [0.05, 0.1) is 25.5 Å². The molecule has 0 radical (unpaired) electrons. The first-order valence-corrected chi connectivity index (χ1v) is 9.73. The zero-order valence-corrected chi connectivity index (χ0v) is 16.3. The fourth-order valence-electron chi connectivity index (χ4n) is 3.86. The van der Waals surface area contributed by atoms with E-state index in [9.17, 15) is 9.59 Å². The molecule has 0 bridgehead atoms. The molecular weight excluding hydrogens is 356 g/mol. The van der Waals surface area contributed by atoms with Gasteiger partial charge < -0.3 is 19.5 Å². The predicted octanol–water partition coefficient (Wildman–Crippen LogP) is 1.49. The predicted molar refractivity (Wildman–Crippen MR) is 104 cm³/mol. The number of hydrogen-bond acceptors (Lipinski definition) is 4. The van der Waals surface area contributed by atoms with Gasteiger partial charge in [-0.15, -0.1) is 0 Å². The number of imidazole rings is 1. The van der Waals surface area contributed by atoms with Crippen molar-refractivity contribution in [2.45, 2.75) is 31.2 Å². The van der Waals surface area contributed by atoms with Crippen LogP contribution in [0.4, 0.5) is 0 Å². The van der Waals surface area contributed by atoms with Gasteiger partial charge in [0.15, 0.2) is 0 Å². The Balaban J connectivity index is 1.48. The van der Waals surface area contributed by atoms with E-state index in [4.69, 9.17) is 4.74 Å². The van der Waals surface area contributed by atoms with Gasteiger partial charge in [0.2, 0.25) is 11.8 Å². The average Bonchev–Trinajstić information content (AvgIpc) is 3.34. The van der Waals surface area contributed by atoms with Crippen LogP contribution in [0.5, 0.6) is 5.75 Å². The highest BCUT2D eigenvalue weighted by Gasteiger charge is 2.41. The van der Waals surface area contributed by atoms with Crippen molar-refractivity contribution in [3.8, 4) is 5.75 Å². The van der Waals surface area contributed by atoms with Crippen molar-refractivity contribution >= 4 is 11.8 Å². The van der Waals surface area contributed by atoms with Crippen LogP contribution in [0.25, 0.3) is 0 Å². The number of likely N-dealkylation sites (tertiary alicyclic amines) is 1. The van der Waals surface area contributed by atoms with Crippen molar-refractivity contribution in [1.82, 2.24) is 19.8 Å². The highest BCUT2D eigenvalue weighted by molar-refractivity contribution is 5.82. The summed E-state index contributed by atoms with van der Waals surface area (Å²) < 4.78 is 7.22. The van der Waals surface area contributed by atoms with Crippen molar-refractivity contribution < 1.29 is 14.3 Å². The maximum absolute atomic E-state index is 12.9. The maximum Gasteiger partial charge on any atom is 0.227 e. The first-order valence-electron chi connectivity index (χ1n) is 9.73. The summed E-state index contributed by atoms with van der Waals surface area (Å²) in [4.78, 5) is 31.6. The minimum absolute atomic E-state index is 0.00282. The highest BCUT2D eigenvalue weighted by Crippen LogP contribution is 2.32. The highest BCUT2D eigenvalue weighted by atomic mass is 16.5. The topological polar surface area (TPSA) is 76.5 Å². The summed E-state index contributed by atoms with van der Waals surface area (Å²) in [7, 11) is 3.56. The fraction of sp³-hybridized carbons (Fsp3) is 0.476. The zero-order valence-electron chi connectivity index (χ0n) is 16.3. The summed E-state index contributed by atoms with van der Waals surface area (Å²) in [5, 5.41) is 3.17. The molecule has 4 rings (SSSR count). The molecule has 1 N–H and O–H groups in total. The molecular formula is C21H26N4O3. The van der Waals surface area contributed by atoms with Crippen LogP contribution in [-0.4, -0.2) is 52.5 Å². The van der Waals surface area contributed by atoms with Crippen LogP contribution in [-0.2, 0) is 23.1 Å². The number of nitrogens with zero attached hydrogens (tertiary/aromatic N) is 3. The quantitative estimate of drug-likeness (QED) is 0.821. The molecule has 0 spiro atoms. The van der Waals surface area contributed by atoms with Crippen LogP contribution in [0.2, 0.25) is 0 Å². The van der Waals surface area contributed by atoms with Crippen molar-refractivity contribution in [2.24, 2.45) is 13.0 Å². The Morgan fingerprint density at radius 2 is 2.11 bits per heavy atom. The number of nitrogens with one attached hydrogen (secondary N) is 1. The maximum atomic E-state index is 12.9. The molecule has 148 valence electrons. The molecule has 2 heterocycles. The number of benzene rings is 1. The number of aryl methyl sites for hydroxylation is 1. The zero-order chi connectivity index (χ0) is 19.7. The SMILES string of the molecule is COc1cccc(CC(=O)N2C[C@@H](NC(=O)C3CC3)[C@H](c3nccn3C)C2)c1. The first kappa shape index (κ1) is 18.5. The lowest BCUT2D eigenvalue weighted by Gasteiger charge is -2.19. The van der Waals surface area contributed by atoms with E-state index in [2.05, 4.69) is 10.3 Å². The van der Waals surface area contributed by atoms with Gasteiger partial charge in [-0.2, -0.15) is 0 Å². The molecule has 7 nitrogen and oxygen atoms in total. The number of carbonyl (C=O) groups excluding carboxylic acids is 2. The molecule has 1 aliphatic heterocycles. The Hall–Kier alpha value is -2.83. The number of ether oxygens (including phenoxy) is 1. The lowest BCUT2D eigenvalue weighted by Crippen LogP contribution is -2.41. The molecule has 2 amide bonds. The van der Waals surface area contributed by atoms with E-state index < -0.39 is 0 Å². The summed E-state index contributed by atoms with van der Waals surface area (Å²) in [6.45, 7) is 1.07. The number of aromatic nitrogens is 2. The lowest BCUT2D eigenvalue weighted by atomic mass is 10.0. The lowest BCUT2D eigenvalue weighted by molar-refractivity contribution is -0.130. The molecule has 2 aromatic rings. The third-order valence-corrected chi connectivity index (χ3v) is 5.63. The Bertz CT molecular complexity index is 874. The van der Waals surface area contributed by atoms with Crippen LogP contribution < -0.4 is 10.1 Å². The van der Waals surface area contributed by atoms with E-state index in [1.807, 2.05) is 47.0 Å². The molecule has 2 aliphatic rings. The van der Waals surface area contributed by atoms with Crippen LogP contribution in [0.3, 0.4) is 0 Å². The Kier molecular flexibility index (Phi) is 5.07. The molecule has 7 heteroatoms. The summed E-state index contributed by atoms with van der Waals surface area (Å²) in [5.74, 6) is 1.94. The molecule has 28 heavy (non-hydrogen) atoms. The standard InChI is InChI=1S/C21H26N4O3/c1-24-9-8-22-20(24)17-12-25(13-18(17)23-21(27)15-6-7-15)19(26)11-14-4-3-5-16(10-14)28-2/h3-5,8-10,15,17-18H,6-7,11-13H2,1-2H3,(H,23,27)/t17-,18-/m1/s1. The molecule has 1 saturated carbocycles. The molecule has 1 aromatic carbocycles. The van der Waals surface area contributed by atoms with E-state index in [0.717, 1.165) is 30.0 Å². The van der Waals surface area contributed by atoms with Crippen LogP contribution >= 0.6 is 0 Å².